The molecule has 0 atom stereocenters. The first-order valence-electron chi connectivity index (χ1n) is 5.91. The molecule has 1 aromatic carbocycles. The molecular weight excluding hydrogens is 216 g/mol. The third-order valence-electron chi connectivity index (χ3n) is 2.58. The van der Waals surface area contributed by atoms with Gasteiger partial charge in [0.15, 0.2) is 0 Å². The zero-order chi connectivity index (χ0) is 12.2. The Bertz CT molecular complexity index is 339. The molecule has 2 heteroatoms. The van der Waals surface area contributed by atoms with Gasteiger partial charge in [-0.3, -0.25) is 0 Å². The number of hydrogen-bond donors (Lipinski definition) is 1. The number of hydrogen-bond acceptors (Lipinski definition) is 2. The highest BCUT2D eigenvalue weighted by molar-refractivity contribution is 7.99. The van der Waals surface area contributed by atoms with E-state index >= 15 is 0 Å². The maximum Gasteiger partial charge on any atom is 0.129 e. The van der Waals surface area contributed by atoms with Crippen LogP contribution < -0.4 is 0 Å². The Hall–Kier alpha value is -0.630. The number of thioether (sulfide) groups is 1. The van der Waals surface area contributed by atoms with E-state index in [1.807, 2.05) is 12.1 Å². The Balaban J connectivity index is 2.83. The molecule has 0 heterocycles. The molecule has 0 amide bonds. The first-order valence-corrected chi connectivity index (χ1v) is 6.90. The van der Waals surface area contributed by atoms with E-state index < -0.39 is 0 Å². The lowest BCUT2D eigenvalue weighted by atomic mass is 9.87. The van der Waals surface area contributed by atoms with Crippen molar-refractivity contribution in [3.05, 3.63) is 23.8 Å². The predicted octanol–water partition coefficient (Wildman–Crippen LogP) is 4.58. The molecule has 0 aliphatic heterocycles. The largest absolute Gasteiger partial charge is 0.507 e. The maximum atomic E-state index is 9.78. The van der Waals surface area contributed by atoms with Gasteiger partial charge in [-0.25, -0.2) is 0 Å². The average Bonchev–Trinajstić information content (AvgIpc) is 2.19. The number of aromatic hydroxyl groups is 1. The Morgan fingerprint density at radius 1 is 1.25 bits per heavy atom. The number of rotatable bonds is 4. The van der Waals surface area contributed by atoms with E-state index in [2.05, 4.69) is 33.8 Å². The van der Waals surface area contributed by atoms with Crippen molar-refractivity contribution < 1.29 is 5.11 Å². The lowest BCUT2D eigenvalue weighted by Gasteiger charge is -2.20. The summed E-state index contributed by atoms with van der Waals surface area (Å²) in [4.78, 5) is 1.01. The van der Waals surface area contributed by atoms with Gasteiger partial charge in [0, 0.05) is 4.90 Å². The van der Waals surface area contributed by atoms with E-state index in [1.165, 1.54) is 18.4 Å². The second kappa shape index (κ2) is 5.62. The monoisotopic (exact) mass is 238 g/mol. The van der Waals surface area contributed by atoms with Crippen molar-refractivity contribution in [1.82, 2.24) is 0 Å². The third-order valence-corrected chi connectivity index (χ3v) is 3.71. The van der Waals surface area contributed by atoms with Gasteiger partial charge in [-0.15, -0.1) is 11.8 Å². The van der Waals surface area contributed by atoms with Crippen LogP contribution in [-0.2, 0) is 5.41 Å². The maximum absolute atomic E-state index is 9.78. The van der Waals surface area contributed by atoms with E-state index in [4.69, 9.17) is 0 Å². The quantitative estimate of drug-likeness (QED) is 0.612. The van der Waals surface area contributed by atoms with E-state index in [-0.39, 0.29) is 5.41 Å². The van der Waals surface area contributed by atoms with Crippen LogP contribution in [0.3, 0.4) is 0 Å². The molecule has 0 spiro atoms. The molecule has 1 N–H and O–H groups in total. The van der Waals surface area contributed by atoms with Crippen LogP contribution >= 0.6 is 11.8 Å². The summed E-state index contributed by atoms with van der Waals surface area (Å²) in [6.07, 6.45) is 2.40. The fraction of sp³-hybridized carbons (Fsp3) is 0.571. The highest BCUT2D eigenvalue weighted by Gasteiger charge is 2.15. The fourth-order valence-corrected chi connectivity index (χ4v) is 2.50. The van der Waals surface area contributed by atoms with Gasteiger partial charge in [0.25, 0.3) is 0 Å². The first-order chi connectivity index (χ1) is 7.45. The molecule has 0 aliphatic rings. The van der Waals surface area contributed by atoms with Gasteiger partial charge in [0.2, 0.25) is 0 Å². The summed E-state index contributed by atoms with van der Waals surface area (Å²) in [5.41, 5.74) is 1.43. The van der Waals surface area contributed by atoms with Crippen LogP contribution in [0.5, 0.6) is 5.75 Å². The van der Waals surface area contributed by atoms with Gasteiger partial charge in [-0.05, 0) is 35.3 Å². The lowest BCUT2D eigenvalue weighted by Crippen LogP contribution is -2.10. The highest BCUT2D eigenvalue weighted by Crippen LogP contribution is 2.33. The van der Waals surface area contributed by atoms with E-state index in [0.29, 0.717) is 5.75 Å². The summed E-state index contributed by atoms with van der Waals surface area (Å²) in [6.45, 7) is 8.77. The number of phenolic OH excluding ortho intramolecular Hbond substituents is 1. The highest BCUT2D eigenvalue weighted by atomic mass is 32.2. The smallest absolute Gasteiger partial charge is 0.129 e. The normalized spacial score (nSPS) is 11.8. The summed E-state index contributed by atoms with van der Waals surface area (Å²) in [7, 11) is 0. The SMILES string of the molecule is CCCCSc1cc(C(C)(C)C)ccc1O. The Labute approximate surface area is 103 Å². The Kier molecular flexibility index (Phi) is 4.72. The number of unbranched alkanes of at least 4 members (excludes halogenated alkanes) is 1. The standard InChI is InChI=1S/C14H22OS/c1-5-6-9-16-13-10-11(14(2,3)4)7-8-12(13)15/h7-8,10,15H,5-6,9H2,1-4H3. The van der Waals surface area contributed by atoms with Crippen LogP contribution in [-0.4, -0.2) is 10.9 Å². The van der Waals surface area contributed by atoms with Crippen molar-refractivity contribution in [1.29, 1.82) is 0 Å². The molecule has 0 aromatic heterocycles. The van der Waals surface area contributed by atoms with E-state index in [9.17, 15) is 5.11 Å². The van der Waals surface area contributed by atoms with Crippen molar-refractivity contribution in [2.45, 2.75) is 50.8 Å². The first kappa shape index (κ1) is 13.4. The molecule has 90 valence electrons. The summed E-state index contributed by atoms with van der Waals surface area (Å²) < 4.78 is 0. The zero-order valence-electron chi connectivity index (χ0n) is 10.7. The summed E-state index contributed by atoms with van der Waals surface area (Å²) in [5, 5.41) is 9.78. The Morgan fingerprint density at radius 3 is 2.50 bits per heavy atom. The molecule has 0 radical (unpaired) electrons. The van der Waals surface area contributed by atoms with Crippen LogP contribution in [0.2, 0.25) is 0 Å². The second-order valence-electron chi connectivity index (χ2n) is 5.13. The van der Waals surface area contributed by atoms with Crippen LogP contribution in [0.1, 0.15) is 46.1 Å². The minimum atomic E-state index is 0.147. The lowest BCUT2D eigenvalue weighted by molar-refractivity contribution is 0.460. The average molecular weight is 238 g/mol. The summed E-state index contributed by atoms with van der Waals surface area (Å²) in [5.74, 6) is 1.49. The molecule has 1 nitrogen and oxygen atoms in total. The zero-order valence-corrected chi connectivity index (χ0v) is 11.5. The van der Waals surface area contributed by atoms with Gasteiger partial charge in [-0.1, -0.05) is 40.2 Å². The van der Waals surface area contributed by atoms with Gasteiger partial charge in [0.1, 0.15) is 5.75 Å². The van der Waals surface area contributed by atoms with Gasteiger partial charge in [0.05, 0.1) is 0 Å². The molecule has 16 heavy (non-hydrogen) atoms. The third kappa shape index (κ3) is 3.75. The van der Waals surface area contributed by atoms with Crippen LogP contribution in [0.15, 0.2) is 23.1 Å². The summed E-state index contributed by atoms with van der Waals surface area (Å²) in [6, 6.07) is 5.95. The second-order valence-corrected chi connectivity index (χ2v) is 6.27. The van der Waals surface area contributed by atoms with Crippen molar-refractivity contribution in [2.75, 3.05) is 5.75 Å². The number of phenols is 1. The van der Waals surface area contributed by atoms with E-state index in [0.717, 1.165) is 10.6 Å². The molecule has 0 saturated carbocycles. The molecule has 0 saturated heterocycles. The van der Waals surface area contributed by atoms with Crippen LogP contribution in [0.4, 0.5) is 0 Å². The molecule has 1 aromatic rings. The Morgan fingerprint density at radius 2 is 1.94 bits per heavy atom. The van der Waals surface area contributed by atoms with Crippen molar-refractivity contribution in [3.8, 4) is 5.75 Å². The molecule has 0 fully saturated rings. The summed E-state index contributed by atoms with van der Waals surface area (Å²) >= 11 is 1.75. The van der Waals surface area contributed by atoms with Gasteiger partial charge in [-0.2, -0.15) is 0 Å². The van der Waals surface area contributed by atoms with Crippen molar-refractivity contribution in [2.24, 2.45) is 0 Å². The van der Waals surface area contributed by atoms with E-state index in [1.54, 1.807) is 11.8 Å². The molecule has 0 aliphatic carbocycles. The molecular formula is C14H22OS. The van der Waals surface area contributed by atoms with Crippen molar-refractivity contribution in [3.63, 3.8) is 0 Å². The molecule has 1 rings (SSSR count). The van der Waals surface area contributed by atoms with Gasteiger partial charge < -0.3 is 5.11 Å². The van der Waals surface area contributed by atoms with Crippen LogP contribution in [0.25, 0.3) is 0 Å². The minimum absolute atomic E-state index is 0.147. The minimum Gasteiger partial charge on any atom is -0.507 e. The van der Waals surface area contributed by atoms with Gasteiger partial charge >= 0.3 is 0 Å². The fourth-order valence-electron chi connectivity index (χ4n) is 1.42. The van der Waals surface area contributed by atoms with Crippen LogP contribution in [0, 0.1) is 0 Å². The van der Waals surface area contributed by atoms with Crippen molar-refractivity contribution >= 4 is 11.8 Å². The molecule has 0 bridgehead atoms. The topological polar surface area (TPSA) is 20.2 Å². The number of benzene rings is 1. The molecule has 0 unspecified atom stereocenters. The predicted molar refractivity (Wildman–Crippen MR) is 72.4 cm³/mol.